The first-order chi connectivity index (χ1) is 17.3. The van der Waals surface area contributed by atoms with E-state index in [1.807, 2.05) is 6.92 Å². The molecule has 0 radical (unpaired) electrons. The van der Waals surface area contributed by atoms with Gasteiger partial charge in [-0.15, -0.1) is 0 Å². The zero-order valence-corrected chi connectivity index (χ0v) is 21.2. The highest BCUT2D eigenvalue weighted by atomic mass is 16.3. The van der Waals surface area contributed by atoms with Gasteiger partial charge in [0, 0.05) is 36.6 Å². The molecular formula is C26H33N3O8. The molecular weight excluding hydrogens is 482 g/mol. The number of Topliss-reactive ketones (excluding diaryl/α,β-unsaturated/α-hetero) is 2. The number of likely N-dealkylation sites (N-methyl/N-ethyl adjacent to an activating group) is 1. The molecule has 0 aliphatic heterocycles. The molecule has 11 heteroatoms. The van der Waals surface area contributed by atoms with Crippen LogP contribution < -0.4 is 11.1 Å². The number of nitrogens with one attached hydrogen (secondary N) is 1. The molecule has 0 spiro atoms. The molecule has 37 heavy (non-hydrogen) atoms. The van der Waals surface area contributed by atoms with Crippen molar-refractivity contribution in [3.8, 4) is 5.75 Å². The van der Waals surface area contributed by atoms with Gasteiger partial charge in [-0.25, -0.2) is 0 Å². The normalized spacial score (nSPS) is 31.1. The number of carbonyl (C=O) groups is 4. The number of benzene rings is 1. The first-order valence-corrected chi connectivity index (χ1v) is 12.3. The summed E-state index contributed by atoms with van der Waals surface area (Å²) in [5.74, 6) is -8.06. The second-order valence-electron chi connectivity index (χ2n) is 10.5. The predicted molar refractivity (Wildman–Crippen MR) is 131 cm³/mol. The number of phenolic OH excluding ortho intramolecular Hbond substituents is 1. The molecule has 1 aromatic rings. The molecule has 6 atom stereocenters. The zero-order valence-electron chi connectivity index (χ0n) is 21.2. The van der Waals surface area contributed by atoms with Crippen LogP contribution in [0.5, 0.6) is 5.75 Å². The molecule has 3 aliphatic carbocycles. The number of nitrogens with two attached hydrogens (primary N) is 1. The second kappa shape index (κ2) is 9.23. The largest absolute Gasteiger partial charge is 0.507 e. The summed E-state index contributed by atoms with van der Waals surface area (Å²) < 4.78 is 0. The van der Waals surface area contributed by atoms with Gasteiger partial charge in [0.25, 0.3) is 0 Å². The fraction of sp³-hybridized carbons (Fsp3) is 0.538. The molecule has 2 fully saturated rings. The monoisotopic (exact) mass is 515 g/mol. The van der Waals surface area contributed by atoms with Gasteiger partial charge in [-0.1, -0.05) is 13.0 Å². The average molecular weight is 516 g/mol. The Morgan fingerprint density at radius 1 is 1.22 bits per heavy atom. The van der Waals surface area contributed by atoms with Gasteiger partial charge < -0.3 is 36.4 Å². The zero-order chi connectivity index (χ0) is 27.6. The summed E-state index contributed by atoms with van der Waals surface area (Å²) in [5.41, 5.74) is 4.31. The van der Waals surface area contributed by atoms with Crippen LogP contribution in [0.1, 0.15) is 42.5 Å². The van der Waals surface area contributed by atoms with Crippen molar-refractivity contribution in [2.24, 2.45) is 23.5 Å². The van der Waals surface area contributed by atoms with Crippen LogP contribution in [0.25, 0.3) is 5.76 Å². The van der Waals surface area contributed by atoms with E-state index >= 15 is 0 Å². The lowest BCUT2D eigenvalue weighted by molar-refractivity contribution is -0.184. The van der Waals surface area contributed by atoms with Crippen molar-refractivity contribution in [2.75, 3.05) is 14.1 Å². The van der Waals surface area contributed by atoms with Crippen LogP contribution in [0.3, 0.4) is 0 Å². The molecule has 0 aromatic heterocycles. The number of carbonyl (C=O) groups excluding carboxylic acids is 4. The van der Waals surface area contributed by atoms with E-state index in [4.69, 9.17) is 5.73 Å². The van der Waals surface area contributed by atoms with Crippen molar-refractivity contribution >= 4 is 29.1 Å². The lowest BCUT2D eigenvalue weighted by Gasteiger charge is -2.53. The van der Waals surface area contributed by atoms with Gasteiger partial charge in [0.05, 0.1) is 11.7 Å². The van der Waals surface area contributed by atoms with Crippen LogP contribution in [0, 0.1) is 17.8 Å². The minimum absolute atomic E-state index is 0.00533. The van der Waals surface area contributed by atoms with Gasteiger partial charge in [-0.05, 0) is 50.4 Å². The average Bonchev–Trinajstić information content (AvgIpc) is 2.80. The summed E-state index contributed by atoms with van der Waals surface area (Å²) in [7, 11) is 3.21. The highest BCUT2D eigenvalue weighted by Gasteiger charge is 2.67. The summed E-state index contributed by atoms with van der Waals surface area (Å²) >= 11 is 0. The van der Waals surface area contributed by atoms with Crippen LogP contribution >= 0.6 is 0 Å². The minimum atomic E-state index is -2.69. The van der Waals surface area contributed by atoms with Crippen molar-refractivity contribution in [3.05, 3.63) is 33.9 Å². The molecule has 4 rings (SSSR count). The topological polar surface area (TPSA) is 190 Å². The van der Waals surface area contributed by atoms with E-state index < -0.39 is 58.7 Å². The van der Waals surface area contributed by atoms with Gasteiger partial charge in [0.2, 0.25) is 17.6 Å². The number of ketones is 2. The SMILES string of the molecule is CCc1cc(CNC(C)=O)c(O)c2c1C[C@H]1C[C@H]3C(N(C)C)C(O)C(C(N)=O)C(=O)[C@@]3(O)C(=O)C1=C2O. The standard InChI is InChI=1S/C26H33N3O8/c1-5-11-6-13(9-28-10(2)30)20(31)17-14(11)7-12-8-15-19(29(3)4)22(33)18(25(27)36)24(35)26(15,37)23(34)16(12)21(17)32/h6,12,15,18-19,22,31-33,37H,5,7-9H2,1-4H3,(H2,27,36)(H,28,30)/t12-,15-,18?,19?,22?,26-/m0/s1. The number of amides is 2. The smallest absolute Gasteiger partial charge is 0.230 e. The maximum atomic E-state index is 13.9. The lowest BCUT2D eigenvalue weighted by Crippen LogP contribution is -2.73. The lowest BCUT2D eigenvalue weighted by atomic mass is 9.54. The predicted octanol–water partition coefficient (Wildman–Crippen LogP) is -0.672. The maximum absolute atomic E-state index is 13.9. The summed E-state index contributed by atoms with van der Waals surface area (Å²) in [6.45, 7) is 3.23. The first kappa shape index (κ1) is 26.8. The fourth-order valence-corrected chi connectivity index (χ4v) is 6.48. The molecule has 2 saturated carbocycles. The van der Waals surface area contributed by atoms with Crippen molar-refractivity contribution in [2.45, 2.75) is 57.4 Å². The van der Waals surface area contributed by atoms with E-state index in [1.54, 1.807) is 25.1 Å². The molecule has 2 amide bonds. The van der Waals surface area contributed by atoms with E-state index in [1.165, 1.54) is 6.92 Å². The second-order valence-corrected chi connectivity index (χ2v) is 10.5. The van der Waals surface area contributed by atoms with Crippen LogP contribution in [-0.4, -0.2) is 80.5 Å². The molecule has 3 unspecified atom stereocenters. The van der Waals surface area contributed by atoms with E-state index in [0.717, 1.165) is 5.56 Å². The Balaban J connectivity index is 1.91. The van der Waals surface area contributed by atoms with Gasteiger partial charge in [0.15, 0.2) is 11.4 Å². The molecule has 11 nitrogen and oxygen atoms in total. The Hall–Kier alpha value is -3.28. The summed E-state index contributed by atoms with van der Waals surface area (Å²) in [5, 5.41) is 47.6. The number of rotatable bonds is 5. The number of hydrogen-bond donors (Lipinski definition) is 6. The Bertz CT molecular complexity index is 1240. The van der Waals surface area contributed by atoms with E-state index in [9.17, 15) is 39.6 Å². The van der Waals surface area contributed by atoms with Crippen molar-refractivity contribution in [3.63, 3.8) is 0 Å². The molecule has 3 aliphatic rings. The summed E-state index contributed by atoms with van der Waals surface area (Å²) in [4.78, 5) is 52.3. The van der Waals surface area contributed by atoms with E-state index in [-0.39, 0.29) is 42.2 Å². The Morgan fingerprint density at radius 3 is 2.41 bits per heavy atom. The van der Waals surface area contributed by atoms with Crippen molar-refractivity contribution in [1.82, 2.24) is 10.2 Å². The van der Waals surface area contributed by atoms with Gasteiger partial charge >= 0.3 is 0 Å². The fourth-order valence-electron chi connectivity index (χ4n) is 6.48. The highest BCUT2D eigenvalue weighted by molar-refractivity contribution is 6.25. The number of aliphatic hydroxyl groups excluding tert-OH is 2. The highest BCUT2D eigenvalue weighted by Crippen LogP contribution is 2.52. The number of fused-ring (bicyclic) bond motifs is 3. The third-order valence-electron chi connectivity index (χ3n) is 8.17. The molecule has 0 heterocycles. The molecule has 0 saturated heterocycles. The number of aliphatic hydroxyl groups is 3. The quantitative estimate of drug-likeness (QED) is 0.276. The molecule has 1 aromatic carbocycles. The van der Waals surface area contributed by atoms with Crippen molar-refractivity contribution < 1.29 is 39.6 Å². The van der Waals surface area contributed by atoms with Crippen LogP contribution in [0.4, 0.5) is 0 Å². The number of primary amides is 1. The van der Waals surface area contributed by atoms with Gasteiger partial charge in [0.1, 0.15) is 17.4 Å². The molecule has 0 bridgehead atoms. The Morgan fingerprint density at radius 2 is 1.86 bits per heavy atom. The first-order valence-electron chi connectivity index (χ1n) is 12.3. The molecule has 200 valence electrons. The van der Waals surface area contributed by atoms with Gasteiger partial charge in [-0.3, -0.25) is 19.2 Å². The van der Waals surface area contributed by atoms with E-state index in [2.05, 4.69) is 5.32 Å². The summed E-state index contributed by atoms with van der Waals surface area (Å²) in [6.07, 6.45) is -0.673. The van der Waals surface area contributed by atoms with Crippen LogP contribution in [0.15, 0.2) is 11.6 Å². The summed E-state index contributed by atoms with van der Waals surface area (Å²) in [6, 6.07) is 0.811. The number of aromatic hydroxyl groups is 1. The van der Waals surface area contributed by atoms with Crippen molar-refractivity contribution in [1.29, 1.82) is 0 Å². The van der Waals surface area contributed by atoms with Crippen LogP contribution in [0.2, 0.25) is 0 Å². The third-order valence-corrected chi connectivity index (χ3v) is 8.17. The third kappa shape index (κ3) is 3.84. The van der Waals surface area contributed by atoms with Gasteiger partial charge in [-0.2, -0.15) is 0 Å². The van der Waals surface area contributed by atoms with Crippen LogP contribution in [-0.2, 0) is 38.6 Å². The number of aryl methyl sites for hydroxylation is 1. The number of hydrogen-bond acceptors (Lipinski definition) is 9. The Kier molecular flexibility index (Phi) is 6.68. The maximum Gasteiger partial charge on any atom is 0.230 e. The Labute approximate surface area is 213 Å². The number of phenols is 1. The molecule has 7 N–H and O–H groups in total. The minimum Gasteiger partial charge on any atom is -0.507 e. The van der Waals surface area contributed by atoms with E-state index in [0.29, 0.717) is 17.5 Å². The number of nitrogens with zero attached hydrogens (tertiary/aromatic N) is 1.